The maximum atomic E-state index is 13.3. The van der Waals surface area contributed by atoms with Crippen molar-refractivity contribution in [3.63, 3.8) is 0 Å². The van der Waals surface area contributed by atoms with Crippen molar-refractivity contribution in [2.45, 2.75) is 0 Å². The van der Waals surface area contributed by atoms with Gasteiger partial charge in [0.05, 0.1) is 14.2 Å². The topological polar surface area (TPSA) is 81.9 Å². The second kappa shape index (κ2) is 8.26. The molecule has 3 rings (SSSR count). The fourth-order valence-corrected chi connectivity index (χ4v) is 2.75. The maximum absolute atomic E-state index is 13.3. The molecule has 0 saturated carbocycles. The molecule has 0 bridgehead atoms. The van der Waals surface area contributed by atoms with E-state index in [4.69, 9.17) is 15.2 Å². The minimum atomic E-state index is -0.541. The molecule has 0 atom stereocenters. The molecule has 2 amide bonds. The van der Waals surface area contributed by atoms with Gasteiger partial charge in [0.15, 0.2) is 0 Å². The smallest absolute Gasteiger partial charge is 0.262 e. The van der Waals surface area contributed by atoms with Crippen LogP contribution in [0.1, 0.15) is 20.7 Å². The number of ether oxygens (including phenoxy) is 2. The Balaban J connectivity index is 2.03. The Labute approximate surface area is 163 Å². The summed E-state index contributed by atoms with van der Waals surface area (Å²) in [5.41, 5.74) is 7.40. The van der Waals surface area contributed by atoms with E-state index in [1.54, 1.807) is 79.8 Å². The van der Waals surface area contributed by atoms with Crippen molar-refractivity contribution in [2.24, 2.45) is 5.73 Å². The average Bonchev–Trinajstić information content (AvgIpc) is 2.75. The molecule has 0 aliphatic carbocycles. The molecule has 28 heavy (non-hydrogen) atoms. The van der Waals surface area contributed by atoms with Crippen molar-refractivity contribution < 1.29 is 19.1 Å². The molecule has 0 aliphatic heterocycles. The first-order chi connectivity index (χ1) is 13.5. The number of nitrogens with zero attached hydrogens (tertiary/aromatic N) is 1. The standard InChI is InChI=1S/C22H20N2O4/c1-27-19-11-7-17(8-12-19)24(18-9-13-20(28-2)14-10-18)22(26)16-5-3-15(4-6-16)21(23)25/h3-14H,1-2H3,(H2,23,25). The van der Waals surface area contributed by atoms with Gasteiger partial charge in [0, 0.05) is 22.5 Å². The zero-order chi connectivity index (χ0) is 20.1. The van der Waals surface area contributed by atoms with Crippen LogP contribution in [-0.2, 0) is 0 Å². The highest BCUT2D eigenvalue weighted by Gasteiger charge is 2.20. The minimum Gasteiger partial charge on any atom is -0.497 e. The summed E-state index contributed by atoms with van der Waals surface area (Å²) >= 11 is 0. The zero-order valence-electron chi connectivity index (χ0n) is 15.6. The second-order valence-corrected chi connectivity index (χ2v) is 5.98. The number of rotatable bonds is 6. The lowest BCUT2D eigenvalue weighted by molar-refractivity contribution is 0.0988. The van der Waals surface area contributed by atoms with Crippen LogP contribution in [0.15, 0.2) is 72.8 Å². The molecular weight excluding hydrogens is 356 g/mol. The zero-order valence-corrected chi connectivity index (χ0v) is 15.6. The van der Waals surface area contributed by atoms with Crippen molar-refractivity contribution in [2.75, 3.05) is 19.1 Å². The molecule has 0 radical (unpaired) electrons. The Morgan fingerprint density at radius 1 is 0.679 bits per heavy atom. The molecule has 6 heteroatoms. The third kappa shape index (κ3) is 3.96. The van der Waals surface area contributed by atoms with Gasteiger partial charge in [-0.2, -0.15) is 0 Å². The molecule has 3 aromatic rings. The number of benzene rings is 3. The van der Waals surface area contributed by atoms with Crippen LogP contribution in [0.3, 0.4) is 0 Å². The van der Waals surface area contributed by atoms with Crippen molar-refractivity contribution >= 4 is 23.2 Å². The highest BCUT2D eigenvalue weighted by atomic mass is 16.5. The molecule has 0 spiro atoms. The first-order valence-corrected chi connectivity index (χ1v) is 8.56. The molecule has 0 unspecified atom stereocenters. The van der Waals surface area contributed by atoms with Crippen molar-refractivity contribution in [1.29, 1.82) is 0 Å². The summed E-state index contributed by atoms with van der Waals surface area (Å²) in [7, 11) is 3.17. The molecule has 0 aromatic heterocycles. The van der Waals surface area contributed by atoms with E-state index in [0.717, 1.165) is 0 Å². The van der Waals surface area contributed by atoms with Crippen molar-refractivity contribution in [3.05, 3.63) is 83.9 Å². The summed E-state index contributed by atoms with van der Waals surface area (Å²) < 4.78 is 10.4. The Morgan fingerprint density at radius 2 is 1.07 bits per heavy atom. The first-order valence-electron chi connectivity index (χ1n) is 8.56. The van der Waals surface area contributed by atoms with Gasteiger partial charge in [-0.3, -0.25) is 14.5 Å². The number of carbonyl (C=O) groups is 2. The Morgan fingerprint density at radius 3 is 1.43 bits per heavy atom. The average molecular weight is 376 g/mol. The Bertz CT molecular complexity index is 917. The molecule has 0 fully saturated rings. The van der Waals surface area contributed by atoms with E-state index >= 15 is 0 Å². The largest absolute Gasteiger partial charge is 0.497 e. The monoisotopic (exact) mass is 376 g/mol. The van der Waals surface area contributed by atoms with E-state index in [1.165, 1.54) is 12.1 Å². The SMILES string of the molecule is COc1ccc(N(C(=O)c2ccc(C(N)=O)cc2)c2ccc(OC)cc2)cc1. The fourth-order valence-electron chi connectivity index (χ4n) is 2.75. The van der Waals surface area contributed by atoms with Crippen molar-refractivity contribution in [3.8, 4) is 11.5 Å². The predicted octanol–water partition coefficient (Wildman–Crippen LogP) is 3.78. The number of carbonyl (C=O) groups excluding carboxylic acids is 2. The van der Waals surface area contributed by atoms with Crippen LogP contribution in [0, 0.1) is 0 Å². The number of anilines is 2. The van der Waals surface area contributed by atoms with Gasteiger partial charge in [0.2, 0.25) is 5.91 Å². The van der Waals surface area contributed by atoms with Crippen LogP contribution < -0.4 is 20.1 Å². The van der Waals surface area contributed by atoms with E-state index in [-0.39, 0.29) is 5.91 Å². The molecule has 6 nitrogen and oxygen atoms in total. The quantitative estimate of drug-likeness (QED) is 0.710. The number of hydrogen-bond donors (Lipinski definition) is 1. The Kier molecular flexibility index (Phi) is 5.60. The summed E-state index contributed by atoms with van der Waals surface area (Å²) in [6.45, 7) is 0. The summed E-state index contributed by atoms with van der Waals surface area (Å²) in [4.78, 5) is 26.1. The number of nitrogens with two attached hydrogens (primary N) is 1. The summed E-state index contributed by atoms with van der Waals surface area (Å²) in [5, 5.41) is 0. The highest BCUT2D eigenvalue weighted by Crippen LogP contribution is 2.30. The van der Waals surface area contributed by atoms with Gasteiger partial charge < -0.3 is 15.2 Å². The fraction of sp³-hybridized carbons (Fsp3) is 0.0909. The number of amides is 2. The minimum absolute atomic E-state index is 0.244. The van der Waals surface area contributed by atoms with Gasteiger partial charge >= 0.3 is 0 Å². The molecule has 0 heterocycles. The van der Waals surface area contributed by atoms with Gasteiger partial charge in [0.25, 0.3) is 5.91 Å². The molecule has 0 aliphatic rings. The van der Waals surface area contributed by atoms with E-state index in [2.05, 4.69) is 0 Å². The highest BCUT2D eigenvalue weighted by molar-refractivity contribution is 6.11. The van der Waals surface area contributed by atoms with Crippen LogP contribution in [0.5, 0.6) is 11.5 Å². The second-order valence-electron chi connectivity index (χ2n) is 5.98. The van der Waals surface area contributed by atoms with E-state index in [9.17, 15) is 9.59 Å². The lowest BCUT2D eigenvalue weighted by Crippen LogP contribution is -2.26. The number of primary amides is 1. The third-order valence-electron chi connectivity index (χ3n) is 4.28. The summed E-state index contributed by atoms with van der Waals surface area (Å²) in [5.74, 6) is 0.598. The molecular formula is C22H20N2O4. The molecule has 142 valence electrons. The van der Waals surface area contributed by atoms with E-state index < -0.39 is 5.91 Å². The normalized spacial score (nSPS) is 10.2. The van der Waals surface area contributed by atoms with Gasteiger partial charge in [-0.15, -0.1) is 0 Å². The van der Waals surface area contributed by atoms with E-state index in [0.29, 0.717) is 34.0 Å². The number of hydrogen-bond acceptors (Lipinski definition) is 4. The van der Waals surface area contributed by atoms with E-state index in [1.807, 2.05) is 0 Å². The summed E-state index contributed by atoms with van der Waals surface area (Å²) in [6.07, 6.45) is 0. The van der Waals surface area contributed by atoms with Crippen LogP contribution >= 0.6 is 0 Å². The lowest BCUT2D eigenvalue weighted by Gasteiger charge is -2.23. The van der Waals surface area contributed by atoms with Crippen LogP contribution in [-0.4, -0.2) is 26.0 Å². The molecule has 0 saturated heterocycles. The summed E-state index contributed by atoms with van der Waals surface area (Å²) in [6, 6.07) is 20.6. The first kappa shape index (κ1) is 19.0. The number of methoxy groups -OCH3 is 2. The van der Waals surface area contributed by atoms with Gasteiger partial charge in [-0.25, -0.2) is 0 Å². The molecule has 3 aromatic carbocycles. The van der Waals surface area contributed by atoms with Crippen molar-refractivity contribution in [1.82, 2.24) is 0 Å². The van der Waals surface area contributed by atoms with Gasteiger partial charge in [0.1, 0.15) is 11.5 Å². The maximum Gasteiger partial charge on any atom is 0.262 e. The lowest BCUT2D eigenvalue weighted by atomic mass is 10.1. The van der Waals surface area contributed by atoms with Crippen LogP contribution in [0.4, 0.5) is 11.4 Å². The Hall–Kier alpha value is -3.80. The third-order valence-corrected chi connectivity index (χ3v) is 4.28. The van der Waals surface area contributed by atoms with Gasteiger partial charge in [-0.05, 0) is 72.8 Å². The predicted molar refractivity (Wildman–Crippen MR) is 107 cm³/mol. The van der Waals surface area contributed by atoms with Gasteiger partial charge in [-0.1, -0.05) is 0 Å². The molecule has 2 N–H and O–H groups in total. The van der Waals surface area contributed by atoms with Crippen LogP contribution in [0.25, 0.3) is 0 Å². The van der Waals surface area contributed by atoms with Crippen LogP contribution in [0.2, 0.25) is 0 Å².